The number of hydrogen-bond acceptors (Lipinski definition) is 2. The zero-order valence-electron chi connectivity index (χ0n) is 11.6. The second-order valence-corrected chi connectivity index (χ2v) is 6.26. The molecule has 0 spiro atoms. The quantitative estimate of drug-likeness (QED) is 0.900. The van der Waals surface area contributed by atoms with Crippen molar-refractivity contribution in [2.75, 3.05) is 6.54 Å². The number of H-pyrrole nitrogens is 1. The molecule has 2 N–H and O–H groups in total. The van der Waals surface area contributed by atoms with Crippen LogP contribution < -0.4 is 10.9 Å². The van der Waals surface area contributed by atoms with Gasteiger partial charge in [0.25, 0.3) is 5.91 Å². The fraction of sp³-hybridized carbons (Fsp3) is 0.250. The molecule has 0 saturated heterocycles. The Balaban J connectivity index is 1.58. The van der Waals surface area contributed by atoms with Crippen LogP contribution in [-0.4, -0.2) is 17.4 Å². The van der Waals surface area contributed by atoms with Crippen molar-refractivity contribution < 1.29 is 4.79 Å². The summed E-state index contributed by atoms with van der Waals surface area (Å²) in [4.78, 5) is 25.6. The molecule has 1 aliphatic carbocycles. The highest BCUT2D eigenvalue weighted by atomic mass is 35.5. The third-order valence-corrected chi connectivity index (χ3v) is 4.41. The lowest BCUT2D eigenvalue weighted by Crippen LogP contribution is -2.27. The number of nitrogens with one attached hydrogen (secondary N) is 2. The van der Waals surface area contributed by atoms with Crippen LogP contribution in [-0.2, 0) is 0 Å². The van der Waals surface area contributed by atoms with Crippen molar-refractivity contribution in [2.24, 2.45) is 5.92 Å². The number of hydrogen-bond donors (Lipinski definition) is 2. The number of halogens is 2. The average molecular weight is 337 g/mol. The van der Waals surface area contributed by atoms with Crippen LogP contribution in [0.25, 0.3) is 0 Å². The first-order chi connectivity index (χ1) is 10.5. The Morgan fingerprint density at radius 1 is 1.27 bits per heavy atom. The molecular weight excluding hydrogens is 323 g/mol. The zero-order chi connectivity index (χ0) is 15.7. The number of benzene rings is 1. The summed E-state index contributed by atoms with van der Waals surface area (Å²) in [6.45, 7) is 0.565. The highest BCUT2D eigenvalue weighted by molar-refractivity contribution is 6.35. The maximum Gasteiger partial charge on any atom is 0.251 e. The molecule has 1 aromatic heterocycles. The van der Waals surface area contributed by atoms with Crippen LogP contribution in [0.3, 0.4) is 0 Å². The Hall–Kier alpha value is -1.78. The number of rotatable bonds is 4. The Morgan fingerprint density at radius 2 is 2.09 bits per heavy atom. The number of amides is 1. The van der Waals surface area contributed by atoms with E-state index in [1.165, 1.54) is 12.3 Å². The van der Waals surface area contributed by atoms with E-state index in [1.807, 2.05) is 12.1 Å². The molecule has 1 aliphatic rings. The molecule has 0 radical (unpaired) electrons. The third-order valence-electron chi connectivity index (χ3n) is 3.85. The molecule has 4 nitrogen and oxygen atoms in total. The minimum Gasteiger partial charge on any atom is -0.352 e. The number of pyridine rings is 1. The first kappa shape index (κ1) is 15.1. The fourth-order valence-corrected chi connectivity index (χ4v) is 3.12. The van der Waals surface area contributed by atoms with E-state index in [9.17, 15) is 9.59 Å². The van der Waals surface area contributed by atoms with E-state index in [1.54, 1.807) is 12.1 Å². The van der Waals surface area contributed by atoms with E-state index >= 15 is 0 Å². The molecule has 2 atom stereocenters. The molecule has 1 saturated carbocycles. The monoisotopic (exact) mass is 336 g/mol. The highest BCUT2D eigenvalue weighted by Crippen LogP contribution is 2.49. The normalized spacial score (nSPS) is 19.7. The van der Waals surface area contributed by atoms with Crippen LogP contribution in [0.1, 0.15) is 28.3 Å². The second-order valence-electron chi connectivity index (χ2n) is 5.42. The first-order valence-electron chi connectivity index (χ1n) is 6.96. The van der Waals surface area contributed by atoms with E-state index < -0.39 is 0 Å². The van der Waals surface area contributed by atoms with Crippen molar-refractivity contribution in [2.45, 2.75) is 12.3 Å². The van der Waals surface area contributed by atoms with Gasteiger partial charge in [-0.3, -0.25) is 9.59 Å². The van der Waals surface area contributed by atoms with Gasteiger partial charge < -0.3 is 10.3 Å². The van der Waals surface area contributed by atoms with E-state index in [0.29, 0.717) is 34.0 Å². The molecule has 1 heterocycles. The summed E-state index contributed by atoms with van der Waals surface area (Å²) in [5, 5.41) is 4.14. The smallest absolute Gasteiger partial charge is 0.251 e. The van der Waals surface area contributed by atoms with Gasteiger partial charge in [0.15, 0.2) is 0 Å². The summed E-state index contributed by atoms with van der Waals surface area (Å²) in [6.07, 6.45) is 2.45. The van der Waals surface area contributed by atoms with Gasteiger partial charge >= 0.3 is 0 Å². The molecule has 0 bridgehead atoms. The summed E-state index contributed by atoms with van der Waals surface area (Å²) >= 11 is 12.1. The molecule has 22 heavy (non-hydrogen) atoms. The summed E-state index contributed by atoms with van der Waals surface area (Å²) < 4.78 is 0. The number of aromatic amines is 1. The first-order valence-corrected chi connectivity index (χ1v) is 7.72. The minimum atomic E-state index is -0.287. The molecular formula is C16H14Cl2N2O2. The lowest BCUT2D eigenvalue weighted by atomic mass is 10.1. The van der Waals surface area contributed by atoms with Crippen LogP contribution in [0.15, 0.2) is 41.3 Å². The summed E-state index contributed by atoms with van der Waals surface area (Å²) in [7, 11) is 0. The molecule has 0 unspecified atom stereocenters. The molecule has 3 rings (SSSR count). The van der Waals surface area contributed by atoms with E-state index in [-0.39, 0.29) is 11.5 Å². The SMILES string of the molecule is O=C(NC[C@@H]1C[C@H]1c1ccc(Cl)cc1Cl)c1cc[nH]c(=O)c1. The van der Waals surface area contributed by atoms with Gasteiger partial charge in [-0.25, -0.2) is 0 Å². The third kappa shape index (κ3) is 3.34. The second kappa shape index (κ2) is 6.15. The lowest BCUT2D eigenvalue weighted by Gasteiger charge is -2.06. The molecule has 1 amide bonds. The van der Waals surface area contributed by atoms with Gasteiger partial charge in [0.05, 0.1) is 0 Å². The van der Waals surface area contributed by atoms with Gasteiger partial charge in [0.1, 0.15) is 0 Å². The van der Waals surface area contributed by atoms with Crippen molar-refractivity contribution in [3.05, 3.63) is 68.1 Å². The van der Waals surface area contributed by atoms with Crippen LogP contribution in [0.5, 0.6) is 0 Å². The predicted octanol–water partition coefficient (Wildman–Crippen LogP) is 3.22. The standard InChI is InChI=1S/C16H14Cl2N2O2/c17-11-1-2-12(14(18)7-11)13-5-10(13)8-20-16(22)9-3-4-19-15(21)6-9/h1-4,6-7,10,13H,5,8H2,(H,19,21)(H,20,22)/t10-,13+/m0/s1. The maximum atomic E-state index is 12.0. The van der Waals surface area contributed by atoms with Crippen molar-refractivity contribution in [1.82, 2.24) is 10.3 Å². The molecule has 114 valence electrons. The van der Waals surface area contributed by atoms with E-state index in [0.717, 1.165) is 12.0 Å². The molecule has 2 aromatic rings. The predicted molar refractivity (Wildman–Crippen MR) is 86.7 cm³/mol. The Labute approximate surface area is 137 Å². The average Bonchev–Trinajstić information content (AvgIpc) is 3.24. The highest BCUT2D eigenvalue weighted by Gasteiger charge is 2.39. The largest absolute Gasteiger partial charge is 0.352 e. The topological polar surface area (TPSA) is 62.0 Å². The Morgan fingerprint density at radius 3 is 2.82 bits per heavy atom. The van der Waals surface area contributed by atoms with Crippen LogP contribution in [0.4, 0.5) is 0 Å². The van der Waals surface area contributed by atoms with Gasteiger partial charge in [-0.2, -0.15) is 0 Å². The number of carbonyl (C=O) groups excluding carboxylic acids is 1. The van der Waals surface area contributed by atoms with Crippen LogP contribution in [0, 0.1) is 5.92 Å². The maximum absolute atomic E-state index is 12.0. The Bertz CT molecular complexity index is 773. The molecule has 1 aromatic carbocycles. The Kier molecular flexibility index (Phi) is 4.23. The van der Waals surface area contributed by atoms with E-state index in [2.05, 4.69) is 10.3 Å². The van der Waals surface area contributed by atoms with Gasteiger partial charge in [0.2, 0.25) is 5.56 Å². The summed E-state index contributed by atoms with van der Waals surface area (Å²) in [6, 6.07) is 8.37. The van der Waals surface area contributed by atoms with Crippen molar-refractivity contribution >= 4 is 29.1 Å². The molecule has 6 heteroatoms. The summed E-state index contributed by atoms with van der Waals surface area (Å²) in [5.74, 6) is 0.479. The van der Waals surface area contributed by atoms with Gasteiger partial charge in [-0.05, 0) is 42.0 Å². The van der Waals surface area contributed by atoms with Crippen LogP contribution >= 0.6 is 23.2 Å². The lowest BCUT2D eigenvalue weighted by molar-refractivity contribution is 0.0951. The fourth-order valence-electron chi connectivity index (χ4n) is 2.57. The number of aromatic nitrogens is 1. The summed E-state index contributed by atoms with van der Waals surface area (Å²) in [5.41, 5.74) is 1.15. The van der Waals surface area contributed by atoms with Crippen molar-refractivity contribution in [1.29, 1.82) is 0 Å². The number of carbonyl (C=O) groups is 1. The van der Waals surface area contributed by atoms with Gasteiger partial charge in [-0.15, -0.1) is 0 Å². The zero-order valence-corrected chi connectivity index (χ0v) is 13.1. The van der Waals surface area contributed by atoms with Gasteiger partial charge in [0, 0.05) is 34.4 Å². The molecule has 1 fully saturated rings. The van der Waals surface area contributed by atoms with Crippen LogP contribution in [0.2, 0.25) is 10.0 Å². The van der Waals surface area contributed by atoms with Crippen molar-refractivity contribution in [3.63, 3.8) is 0 Å². The molecule has 0 aliphatic heterocycles. The van der Waals surface area contributed by atoms with Gasteiger partial charge in [-0.1, -0.05) is 29.3 Å². The minimum absolute atomic E-state index is 0.237. The van der Waals surface area contributed by atoms with E-state index in [4.69, 9.17) is 23.2 Å². The van der Waals surface area contributed by atoms with Crippen molar-refractivity contribution in [3.8, 4) is 0 Å².